The number of alkyl halides is 3. The average molecular weight is 160 g/mol. The third-order valence-electron chi connectivity index (χ3n) is 0.699. The molecule has 60 valence electrons. The van der Waals surface area contributed by atoms with Crippen molar-refractivity contribution >= 4 is 5.97 Å². The summed E-state index contributed by atoms with van der Waals surface area (Å²) in [6.07, 6.45) is -6.76. The number of hydrogen-bond acceptors (Lipinski definition) is 2. The molecule has 0 radical (unpaired) electrons. The largest absolute Gasteiger partial charge is 0.389 e. The van der Waals surface area contributed by atoms with Gasteiger partial charge in [-0.3, -0.25) is 4.94 Å². The lowest BCUT2D eigenvalue weighted by molar-refractivity contribution is -0.189. The van der Waals surface area contributed by atoms with Crippen molar-refractivity contribution in [1.29, 1.82) is 0 Å². The van der Waals surface area contributed by atoms with Crippen molar-refractivity contribution in [2.45, 2.75) is 19.0 Å². The zero-order chi connectivity index (χ0) is 8.20. The van der Waals surface area contributed by atoms with Crippen LogP contribution < -0.4 is 0 Å². The molecule has 0 amide bonds. The summed E-state index contributed by atoms with van der Waals surface area (Å²) in [5, 5.41) is 0. The van der Waals surface area contributed by atoms with Gasteiger partial charge in [-0.25, -0.2) is 4.79 Å². The minimum atomic E-state index is -4.44. The van der Waals surface area contributed by atoms with Gasteiger partial charge in [0.25, 0.3) is 0 Å². The highest BCUT2D eigenvalue weighted by Crippen LogP contribution is 2.21. The van der Waals surface area contributed by atoms with Gasteiger partial charge in [-0.1, -0.05) is 0 Å². The van der Waals surface area contributed by atoms with Crippen LogP contribution in [-0.4, -0.2) is 12.1 Å². The zero-order valence-electron chi connectivity index (χ0n) is 4.74. The molecule has 0 saturated carbocycles. The van der Waals surface area contributed by atoms with Gasteiger partial charge in [0.15, 0.2) is 0 Å². The molecule has 6 heteroatoms. The molecule has 0 aromatic heterocycles. The average Bonchev–Trinajstić information content (AvgIpc) is 1.81. The lowest BCUT2D eigenvalue weighted by Gasteiger charge is -2.01. The van der Waals surface area contributed by atoms with Crippen LogP contribution in [-0.2, 0) is 9.74 Å². The highest BCUT2D eigenvalue weighted by molar-refractivity contribution is 5.68. The molecule has 2 nitrogen and oxygen atoms in total. The molecule has 0 aliphatic heterocycles. The van der Waals surface area contributed by atoms with E-state index in [2.05, 4.69) is 4.94 Å². The van der Waals surface area contributed by atoms with Crippen molar-refractivity contribution in [2.75, 3.05) is 0 Å². The molecule has 0 fully saturated rings. The van der Waals surface area contributed by atoms with E-state index in [1.165, 1.54) is 0 Å². The van der Waals surface area contributed by atoms with Crippen molar-refractivity contribution in [3.8, 4) is 0 Å². The first-order valence-electron chi connectivity index (χ1n) is 2.34. The fraction of sp³-hybridized carbons (Fsp3) is 0.750. The predicted molar refractivity (Wildman–Crippen MR) is 22.5 cm³/mol. The molecule has 0 spiro atoms. The van der Waals surface area contributed by atoms with E-state index in [9.17, 15) is 22.5 Å². The highest BCUT2D eigenvalue weighted by Gasteiger charge is 2.28. The predicted octanol–water partition coefficient (Wildman–Crippen LogP) is 1.76. The first kappa shape index (κ1) is 9.19. The Morgan fingerprint density at radius 2 is 1.90 bits per heavy atom. The van der Waals surface area contributed by atoms with E-state index >= 15 is 0 Å². The van der Waals surface area contributed by atoms with E-state index in [0.717, 1.165) is 0 Å². The van der Waals surface area contributed by atoms with E-state index in [1.54, 1.807) is 0 Å². The summed E-state index contributed by atoms with van der Waals surface area (Å²) in [6, 6.07) is 0. The second kappa shape index (κ2) is 3.38. The second-order valence-electron chi connectivity index (χ2n) is 1.56. The van der Waals surface area contributed by atoms with Crippen molar-refractivity contribution < 1.29 is 27.4 Å². The topological polar surface area (TPSA) is 26.3 Å². The second-order valence-corrected chi connectivity index (χ2v) is 1.56. The Hall–Kier alpha value is -0.810. The van der Waals surface area contributed by atoms with Gasteiger partial charge in [0.1, 0.15) is 0 Å². The fourth-order valence-electron chi connectivity index (χ4n) is 0.282. The first-order valence-corrected chi connectivity index (χ1v) is 2.34. The smallest absolute Gasteiger partial charge is 0.255 e. The molecule has 0 aromatic carbocycles. The maximum Gasteiger partial charge on any atom is 0.389 e. The Morgan fingerprint density at radius 1 is 1.40 bits per heavy atom. The minimum Gasteiger partial charge on any atom is -0.255 e. The fourth-order valence-corrected chi connectivity index (χ4v) is 0.282. The molecule has 0 saturated heterocycles. The van der Waals surface area contributed by atoms with Crippen LogP contribution in [0.2, 0.25) is 0 Å². The van der Waals surface area contributed by atoms with E-state index < -0.39 is 25.0 Å². The maximum absolute atomic E-state index is 11.2. The summed E-state index contributed by atoms with van der Waals surface area (Å²) < 4.78 is 44.4. The molecular formula is C4H4F4O2. The monoisotopic (exact) mass is 160 g/mol. The summed E-state index contributed by atoms with van der Waals surface area (Å²) in [5.74, 6) is -1.50. The van der Waals surface area contributed by atoms with Gasteiger partial charge < -0.3 is 0 Å². The third-order valence-corrected chi connectivity index (χ3v) is 0.699. The molecule has 0 atom stereocenters. The van der Waals surface area contributed by atoms with E-state index in [4.69, 9.17) is 0 Å². The van der Waals surface area contributed by atoms with Crippen LogP contribution in [0, 0.1) is 0 Å². The van der Waals surface area contributed by atoms with Crippen molar-refractivity contribution in [2.24, 2.45) is 0 Å². The van der Waals surface area contributed by atoms with Crippen molar-refractivity contribution in [1.82, 2.24) is 0 Å². The van der Waals surface area contributed by atoms with Gasteiger partial charge in [0.05, 0.1) is 12.8 Å². The number of carbonyl (C=O) groups is 1. The van der Waals surface area contributed by atoms with Crippen LogP contribution in [0.4, 0.5) is 17.7 Å². The van der Waals surface area contributed by atoms with Crippen molar-refractivity contribution in [3.05, 3.63) is 0 Å². The Kier molecular flexibility index (Phi) is 3.11. The minimum absolute atomic E-state index is 0.972. The van der Waals surface area contributed by atoms with Gasteiger partial charge in [-0.15, -0.1) is 0 Å². The quantitative estimate of drug-likeness (QED) is 0.575. The molecule has 0 aliphatic carbocycles. The Bertz CT molecular complexity index is 119. The molecule has 0 rings (SSSR count). The van der Waals surface area contributed by atoms with Crippen LogP contribution in [0.15, 0.2) is 0 Å². The standard InChI is InChI=1S/C4H4F4O2/c5-4(6,7)2-1-3(9)10-8/h1-2H2. The Balaban J connectivity index is 3.46. The van der Waals surface area contributed by atoms with E-state index in [1.807, 2.05) is 0 Å². The first-order chi connectivity index (χ1) is 4.45. The van der Waals surface area contributed by atoms with Crippen LogP contribution in [0.1, 0.15) is 12.8 Å². The molecule has 0 N–H and O–H groups in total. The van der Waals surface area contributed by atoms with Gasteiger partial charge in [-0.2, -0.15) is 13.2 Å². The van der Waals surface area contributed by atoms with Crippen LogP contribution in [0.25, 0.3) is 0 Å². The summed E-state index contributed by atoms with van der Waals surface area (Å²) in [7, 11) is 0. The summed E-state index contributed by atoms with van der Waals surface area (Å²) in [6.45, 7) is 0. The molecule has 0 aliphatic rings. The summed E-state index contributed by atoms with van der Waals surface area (Å²) >= 11 is 0. The van der Waals surface area contributed by atoms with Crippen molar-refractivity contribution in [3.63, 3.8) is 0 Å². The van der Waals surface area contributed by atoms with Gasteiger partial charge in [0, 0.05) is 4.53 Å². The van der Waals surface area contributed by atoms with Crippen LogP contribution in [0.5, 0.6) is 0 Å². The lowest BCUT2D eigenvalue weighted by atomic mass is 10.3. The molecule has 0 unspecified atom stereocenters. The molecule has 10 heavy (non-hydrogen) atoms. The van der Waals surface area contributed by atoms with Gasteiger partial charge >= 0.3 is 12.1 Å². The van der Waals surface area contributed by atoms with Gasteiger partial charge in [0.2, 0.25) is 0 Å². The number of rotatable bonds is 2. The van der Waals surface area contributed by atoms with Crippen LogP contribution in [0.3, 0.4) is 0 Å². The number of hydrogen-bond donors (Lipinski definition) is 0. The Morgan fingerprint density at radius 3 is 2.20 bits per heavy atom. The number of carbonyl (C=O) groups excluding carboxylic acids is 1. The molecule has 0 aromatic rings. The molecule has 0 heterocycles. The summed E-state index contributed by atoms with van der Waals surface area (Å²) in [5.41, 5.74) is 0. The van der Waals surface area contributed by atoms with E-state index in [-0.39, 0.29) is 0 Å². The molecule has 0 bridgehead atoms. The molecular weight excluding hydrogens is 156 g/mol. The van der Waals surface area contributed by atoms with Crippen LogP contribution >= 0.6 is 0 Å². The maximum atomic E-state index is 11.2. The Labute approximate surface area is 53.7 Å². The zero-order valence-corrected chi connectivity index (χ0v) is 4.74. The van der Waals surface area contributed by atoms with Gasteiger partial charge in [-0.05, 0) is 0 Å². The number of halogens is 4. The summed E-state index contributed by atoms with van der Waals surface area (Å²) in [4.78, 5) is 12.3. The SMILES string of the molecule is O=C(CCC(F)(F)F)OF. The highest BCUT2D eigenvalue weighted by atomic mass is 19.4. The lowest BCUT2D eigenvalue weighted by Crippen LogP contribution is -2.10. The third kappa shape index (κ3) is 5.33. The van der Waals surface area contributed by atoms with E-state index in [0.29, 0.717) is 0 Å². The normalized spacial score (nSPS) is 11.2.